The minimum Gasteiger partial charge on any atom is -0.368 e. The van der Waals surface area contributed by atoms with Crippen molar-refractivity contribution in [3.63, 3.8) is 0 Å². The van der Waals surface area contributed by atoms with E-state index < -0.39 is 23.7 Å². The number of nitrogens with one attached hydrogen (secondary N) is 1. The fourth-order valence-corrected chi connectivity index (χ4v) is 2.05. The standard InChI is InChI=1S/C14H15F3N2O2/c15-14(16,17)10-4-2-1-3-9(10)7-11(12(18)20)19-13(21)8-5-6-8/h1-4,8,11H,5-7H2,(H2,18,20)(H,19,21)/t11-/m1/s1. The molecule has 1 aromatic rings. The Balaban J connectivity index is 2.17. The first kappa shape index (κ1) is 15.3. The highest BCUT2D eigenvalue weighted by molar-refractivity contribution is 5.88. The summed E-state index contributed by atoms with van der Waals surface area (Å²) in [5.41, 5.74) is 4.29. The van der Waals surface area contributed by atoms with Gasteiger partial charge in [-0.05, 0) is 24.5 Å². The largest absolute Gasteiger partial charge is 0.416 e. The topological polar surface area (TPSA) is 72.2 Å². The minimum atomic E-state index is -4.51. The quantitative estimate of drug-likeness (QED) is 0.867. The smallest absolute Gasteiger partial charge is 0.368 e. The zero-order chi connectivity index (χ0) is 15.6. The summed E-state index contributed by atoms with van der Waals surface area (Å²) < 4.78 is 38.7. The van der Waals surface area contributed by atoms with E-state index in [9.17, 15) is 22.8 Å². The van der Waals surface area contributed by atoms with Crippen molar-refractivity contribution in [2.45, 2.75) is 31.5 Å². The molecule has 0 aliphatic heterocycles. The molecule has 0 saturated heterocycles. The van der Waals surface area contributed by atoms with Crippen molar-refractivity contribution in [2.75, 3.05) is 0 Å². The molecule has 7 heteroatoms. The second-order valence-corrected chi connectivity index (χ2v) is 5.10. The number of hydrogen-bond donors (Lipinski definition) is 2. The fraction of sp³-hybridized carbons (Fsp3) is 0.429. The summed E-state index contributed by atoms with van der Waals surface area (Å²) in [7, 11) is 0. The lowest BCUT2D eigenvalue weighted by atomic mass is 9.99. The van der Waals surface area contributed by atoms with Gasteiger partial charge in [-0.2, -0.15) is 13.2 Å². The van der Waals surface area contributed by atoms with Crippen LogP contribution < -0.4 is 11.1 Å². The van der Waals surface area contributed by atoms with E-state index in [2.05, 4.69) is 5.32 Å². The molecule has 0 radical (unpaired) electrons. The van der Waals surface area contributed by atoms with Gasteiger partial charge in [-0.25, -0.2) is 0 Å². The van der Waals surface area contributed by atoms with E-state index in [0.29, 0.717) is 0 Å². The predicted molar refractivity (Wildman–Crippen MR) is 69.0 cm³/mol. The van der Waals surface area contributed by atoms with Crippen molar-refractivity contribution >= 4 is 11.8 Å². The van der Waals surface area contributed by atoms with Crippen molar-refractivity contribution in [1.29, 1.82) is 0 Å². The van der Waals surface area contributed by atoms with Crippen molar-refractivity contribution in [3.8, 4) is 0 Å². The van der Waals surface area contributed by atoms with E-state index in [1.54, 1.807) is 0 Å². The van der Waals surface area contributed by atoms with Crippen molar-refractivity contribution in [1.82, 2.24) is 5.32 Å². The Labute approximate surface area is 119 Å². The molecule has 2 rings (SSSR count). The summed E-state index contributed by atoms with van der Waals surface area (Å²) in [5, 5.41) is 2.42. The second kappa shape index (κ2) is 5.75. The Bertz CT molecular complexity index is 553. The number of alkyl halides is 3. The zero-order valence-corrected chi connectivity index (χ0v) is 11.1. The van der Waals surface area contributed by atoms with Gasteiger partial charge in [0.1, 0.15) is 6.04 Å². The third-order valence-electron chi connectivity index (χ3n) is 3.35. The molecule has 1 aliphatic carbocycles. The van der Waals surface area contributed by atoms with Gasteiger partial charge < -0.3 is 11.1 Å². The first-order valence-electron chi connectivity index (χ1n) is 6.54. The molecule has 2 amide bonds. The third-order valence-corrected chi connectivity index (χ3v) is 3.35. The Morgan fingerprint density at radius 1 is 1.29 bits per heavy atom. The molecule has 1 saturated carbocycles. The normalized spacial score (nSPS) is 16.3. The summed E-state index contributed by atoms with van der Waals surface area (Å²) in [6.45, 7) is 0. The van der Waals surface area contributed by atoms with Gasteiger partial charge in [0.05, 0.1) is 5.56 Å². The Kier molecular flexibility index (Phi) is 4.20. The highest BCUT2D eigenvalue weighted by Gasteiger charge is 2.35. The van der Waals surface area contributed by atoms with E-state index in [4.69, 9.17) is 5.73 Å². The van der Waals surface area contributed by atoms with Crippen LogP contribution in [0.1, 0.15) is 24.0 Å². The van der Waals surface area contributed by atoms with E-state index in [0.717, 1.165) is 18.9 Å². The van der Waals surface area contributed by atoms with Gasteiger partial charge >= 0.3 is 6.18 Å². The molecule has 21 heavy (non-hydrogen) atoms. The van der Waals surface area contributed by atoms with Gasteiger partial charge in [-0.3, -0.25) is 9.59 Å². The molecule has 1 aliphatic rings. The van der Waals surface area contributed by atoms with Gasteiger partial charge in [0.2, 0.25) is 11.8 Å². The number of carbonyl (C=O) groups excluding carboxylic acids is 2. The maximum Gasteiger partial charge on any atom is 0.416 e. The SMILES string of the molecule is NC(=O)[C@@H](Cc1ccccc1C(F)(F)F)NC(=O)C1CC1. The van der Waals surface area contributed by atoms with Crippen LogP contribution in [0.5, 0.6) is 0 Å². The first-order chi connectivity index (χ1) is 9.79. The van der Waals surface area contributed by atoms with Crippen LogP contribution in [0, 0.1) is 5.92 Å². The summed E-state index contributed by atoms with van der Waals surface area (Å²) >= 11 is 0. The Hall–Kier alpha value is -2.05. The fourth-order valence-electron chi connectivity index (χ4n) is 2.05. The van der Waals surface area contributed by atoms with Crippen LogP contribution in [0.15, 0.2) is 24.3 Å². The molecule has 0 spiro atoms. The van der Waals surface area contributed by atoms with Gasteiger partial charge in [0.15, 0.2) is 0 Å². The van der Waals surface area contributed by atoms with Crippen LogP contribution in [0.4, 0.5) is 13.2 Å². The lowest BCUT2D eigenvalue weighted by molar-refractivity contribution is -0.138. The van der Waals surface area contributed by atoms with Gasteiger partial charge in [0, 0.05) is 12.3 Å². The number of nitrogens with two attached hydrogens (primary N) is 1. The van der Waals surface area contributed by atoms with E-state index in [1.807, 2.05) is 0 Å². The predicted octanol–water partition coefficient (Wildman–Crippen LogP) is 1.63. The average Bonchev–Trinajstić information content (AvgIpc) is 3.21. The van der Waals surface area contributed by atoms with Crippen molar-refractivity contribution < 1.29 is 22.8 Å². The number of carbonyl (C=O) groups is 2. The Morgan fingerprint density at radius 2 is 1.90 bits per heavy atom. The number of halogens is 3. The molecule has 4 nitrogen and oxygen atoms in total. The van der Waals surface area contributed by atoms with Crippen LogP contribution in [-0.4, -0.2) is 17.9 Å². The molecule has 1 aromatic carbocycles. The molecule has 0 heterocycles. The average molecular weight is 300 g/mol. The molecular formula is C14H15F3N2O2. The van der Waals surface area contributed by atoms with Crippen molar-refractivity contribution in [2.24, 2.45) is 11.7 Å². The number of rotatable bonds is 5. The molecule has 0 unspecified atom stereocenters. The summed E-state index contributed by atoms with van der Waals surface area (Å²) in [5.74, 6) is -1.33. The van der Waals surface area contributed by atoms with Gasteiger partial charge in [-0.1, -0.05) is 18.2 Å². The summed E-state index contributed by atoms with van der Waals surface area (Å²) in [6.07, 6.45) is -3.32. The third kappa shape index (κ3) is 3.96. The molecule has 0 aromatic heterocycles. The molecule has 114 valence electrons. The molecule has 0 bridgehead atoms. The van der Waals surface area contributed by atoms with Gasteiger partial charge in [0.25, 0.3) is 0 Å². The van der Waals surface area contributed by atoms with Crippen LogP contribution in [-0.2, 0) is 22.2 Å². The summed E-state index contributed by atoms with van der Waals surface area (Å²) in [4.78, 5) is 23.0. The molecule has 1 fully saturated rings. The second-order valence-electron chi connectivity index (χ2n) is 5.10. The minimum absolute atomic E-state index is 0.0649. The summed E-state index contributed by atoms with van der Waals surface area (Å²) in [6, 6.07) is 3.80. The van der Waals surface area contributed by atoms with E-state index in [1.165, 1.54) is 18.2 Å². The zero-order valence-electron chi connectivity index (χ0n) is 11.1. The lowest BCUT2D eigenvalue weighted by Crippen LogP contribution is -2.46. The lowest BCUT2D eigenvalue weighted by Gasteiger charge is -2.18. The number of amides is 2. The highest BCUT2D eigenvalue weighted by Crippen LogP contribution is 2.32. The maximum absolute atomic E-state index is 12.9. The monoisotopic (exact) mass is 300 g/mol. The van der Waals surface area contributed by atoms with Crippen molar-refractivity contribution in [3.05, 3.63) is 35.4 Å². The number of hydrogen-bond acceptors (Lipinski definition) is 2. The van der Waals surface area contributed by atoms with Crippen LogP contribution in [0.25, 0.3) is 0 Å². The van der Waals surface area contributed by atoms with E-state index >= 15 is 0 Å². The maximum atomic E-state index is 12.9. The van der Waals surface area contributed by atoms with Crippen LogP contribution in [0.3, 0.4) is 0 Å². The number of primary amides is 1. The first-order valence-corrected chi connectivity index (χ1v) is 6.54. The van der Waals surface area contributed by atoms with Crippen LogP contribution in [0.2, 0.25) is 0 Å². The molecule has 1 atom stereocenters. The van der Waals surface area contributed by atoms with Crippen LogP contribution >= 0.6 is 0 Å². The number of benzene rings is 1. The molecule has 3 N–H and O–H groups in total. The van der Waals surface area contributed by atoms with E-state index in [-0.39, 0.29) is 23.8 Å². The van der Waals surface area contributed by atoms with Gasteiger partial charge in [-0.15, -0.1) is 0 Å². The molecular weight excluding hydrogens is 285 g/mol. The highest BCUT2D eigenvalue weighted by atomic mass is 19.4. The Morgan fingerprint density at radius 3 is 2.43 bits per heavy atom.